The monoisotopic (exact) mass is 665 g/mol. The van der Waals surface area contributed by atoms with Crippen LogP contribution in [0.25, 0.3) is 0 Å². The van der Waals surface area contributed by atoms with E-state index in [1.54, 1.807) is 62.4 Å². The largest absolute Gasteiger partial charge is 0.484 e. The Morgan fingerprint density at radius 3 is 2.23 bits per heavy atom. The molecule has 1 aromatic carbocycles. The molecule has 3 rings (SSSR count). The normalized spacial score (nSPS) is 22.8. The number of pyridine rings is 1. The van der Waals surface area contributed by atoms with Gasteiger partial charge in [0, 0.05) is 18.7 Å². The SMILES string of the molecule is CC[C@H](C)[C@H](N)C(=O)C(NC(=O)C1(C(C)C)C(=O)[C@@H](NC(=O)COc2ccccc2)CC(=O)C1[C@H](O)[C@@H](N)CC(C)C)c1ccccn1. The number of aromatic nitrogens is 1. The van der Waals surface area contributed by atoms with Gasteiger partial charge in [0.1, 0.15) is 23.0 Å². The Balaban J connectivity index is 2.09. The number of amides is 2. The number of rotatable bonds is 16. The molecule has 8 atom stereocenters. The van der Waals surface area contributed by atoms with Crippen molar-refractivity contribution in [3.63, 3.8) is 0 Å². The fourth-order valence-corrected chi connectivity index (χ4v) is 6.50. The second-order valence-corrected chi connectivity index (χ2v) is 13.5. The van der Waals surface area contributed by atoms with Crippen molar-refractivity contribution in [3.8, 4) is 5.75 Å². The van der Waals surface area contributed by atoms with E-state index in [1.165, 1.54) is 6.20 Å². The van der Waals surface area contributed by atoms with Crippen LogP contribution in [0.4, 0.5) is 0 Å². The molecule has 1 fully saturated rings. The fourth-order valence-electron chi connectivity index (χ4n) is 6.50. The number of ketones is 3. The quantitative estimate of drug-likeness (QED) is 0.166. The topological polar surface area (TPSA) is 204 Å². The third-order valence-electron chi connectivity index (χ3n) is 9.35. The minimum Gasteiger partial charge on any atom is -0.484 e. The van der Waals surface area contributed by atoms with Crippen molar-refractivity contribution in [2.75, 3.05) is 6.61 Å². The van der Waals surface area contributed by atoms with E-state index in [2.05, 4.69) is 15.6 Å². The van der Waals surface area contributed by atoms with Crippen LogP contribution in [-0.2, 0) is 24.0 Å². The van der Waals surface area contributed by atoms with Crippen molar-refractivity contribution in [2.24, 2.45) is 40.6 Å². The number of hydrogen-bond donors (Lipinski definition) is 5. The zero-order chi connectivity index (χ0) is 35.8. The molecule has 3 unspecified atom stereocenters. The molecule has 0 radical (unpaired) electrons. The highest BCUT2D eigenvalue weighted by Crippen LogP contribution is 2.46. The van der Waals surface area contributed by atoms with E-state index in [4.69, 9.17) is 16.2 Å². The second kappa shape index (κ2) is 16.9. The Hall–Kier alpha value is -4.00. The first-order valence-corrected chi connectivity index (χ1v) is 16.7. The highest BCUT2D eigenvalue weighted by atomic mass is 16.5. The molecule has 1 aromatic heterocycles. The first kappa shape index (κ1) is 38.4. The van der Waals surface area contributed by atoms with Crippen LogP contribution in [0.1, 0.15) is 72.5 Å². The van der Waals surface area contributed by atoms with Crippen LogP contribution < -0.4 is 26.8 Å². The van der Waals surface area contributed by atoms with Gasteiger partial charge in [0.05, 0.1) is 29.8 Å². The molecule has 48 heavy (non-hydrogen) atoms. The number of Topliss-reactive ketones (excluding diaryl/α,β-unsaturated/α-hetero) is 3. The van der Waals surface area contributed by atoms with E-state index in [0.717, 1.165) is 0 Å². The van der Waals surface area contributed by atoms with Crippen LogP contribution in [0.3, 0.4) is 0 Å². The molecular formula is C36H51N5O7. The van der Waals surface area contributed by atoms with Crippen LogP contribution in [0.2, 0.25) is 0 Å². The van der Waals surface area contributed by atoms with Crippen molar-refractivity contribution >= 4 is 29.2 Å². The van der Waals surface area contributed by atoms with Gasteiger partial charge < -0.3 is 31.9 Å². The molecule has 0 aliphatic heterocycles. The summed E-state index contributed by atoms with van der Waals surface area (Å²) in [6.45, 7) is 10.2. The number of carbonyl (C=O) groups is 5. The first-order chi connectivity index (χ1) is 22.7. The zero-order valence-corrected chi connectivity index (χ0v) is 28.7. The number of hydrogen-bond acceptors (Lipinski definition) is 10. The lowest BCUT2D eigenvalue weighted by Crippen LogP contribution is -2.69. The minimum atomic E-state index is -2.23. The van der Waals surface area contributed by atoms with Gasteiger partial charge in [-0.3, -0.25) is 29.0 Å². The van der Waals surface area contributed by atoms with Crippen LogP contribution in [-0.4, -0.2) is 70.1 Å². The lowest BCUT2D eigenvalue weighted by atomic mass is 9.55. The molecule has 1 saturated carbocycles. The van der Waals surface area contributed by atoms with Gasteiger partial charge in [0.2, 0.25) is 5.91 Å². The van der Waals surface area contributed by atoms with E-state index in [9.17, 15) is 29.1 Å². The van der Waals surface area contributed by atoms with Crippen LogP contribution >= 0.6 is 0 Å². The Kier molecular flexibility index (Phi) is 13.5. The number of ether oxygens (including phenoxy) is 1. The Morgan fingerprint density at radius 1 is 1.02 bits per heavy atom. The summed E-state index contributed by atoms with van der Waals surface area (Å²) in [6, 6.07) is 8.75. The van der Waals surface area contributed by atoms with Gasteiger partial charge in [0.15, 0.2) is 18.2 Å². The second-order valence-electron chi connectivity index (χ2n) is 13.5. The molecule has 262 valence electrons. The number of nitrogens with zero attached hydrogens (tertiary/aromatic N) is 1. The maximum atomic E-state index is 14.8. The van der Waals surface area contributed by atoms with Crippen LogP contribution in [0.15, 0.2) is 54.7 Å². The van der Waals surface area contributed by atoms with Crippen molar-refractivity contribution in [2.45, 2.75) is 91.1 Å². The summed E-state index contributed by atoms with van der Waals surface area (Å²) in [5, 5.41) is 17.0. The maximum Gasteiger partial charge on any atom is 0.258 e. The lowest BCUT2D eigenvalue weighted by Gasteiger charge is -2.48. The number of carbonyl (C=O) groups excluding carboxylic acids is 5. The van der Waals surface area contributed by atoms with E-state index in [1.807, 2.05) is 27.7 Å². The van der Waals surface area contributed by atoms with Gasteiger partial charge in [-0.05, 0) is 48.4 Å². The molecule has 12 nitrogen and oxygen atoms in total. The van der Waals surface area contributed by atoms with Gasteiger partial charge in [0.25, 0.3) is 5.91 Å². The summed E-state index contributed by atoms with van der Waals surface area (Å²) in [7, 11) is 0. The minimum absolute atomic E-state index is 0.0381. The summed E-state index contributed by atoms with van der Waals surface area (Å²) in [6.07, 6.45) is 0.321. The average Bonchev–Trinajstić information content (AvgIpc) is 3.06. The smallest absolute Gasteiger partial charge is 0.258 e. The Labute approximate surface area is 282 Å². The van der Waals surface area contributed by atoms with Gasteiger partial charge in [-0.1, -0.05) is 72.2 Å². The molecule has 7 N–H and O–H groups in total. The molecule has 0 spiro atoms. The number of aliphatic hydroxyl groups is 1. The van der Waals surface area contributed by atoms with Crippen molar-refractivity contribution in [1.29, 1.82) is 0 Å². The number of nitrogens with one attached hydrogen (secondary N) is 2. The summed E-state index contributed by atoms with van der Waals surface area (Å²) in [5.74, 6) is -5.78. The van der Waals surface area contributed by atoms with Crippen molar-refractivity contribution in [1.82, 2.24) is 15.6 Å². The van der Waals surface area contributed by atoms with Gasteiger partial charge in [-0.25, -0.2) is 0 Å². The highest BCUT2D eigenvalue weighted by Gasteiger charge is 2.64. The molecule has 0 bridgehead atoms. The van der Waals surface area contributed by atoms with E-state index < -0.39 is 89.7 Å². The first-order valence-electron chi connectivity index (χ1n) is 16.7. The molecule has 0 saturated heterocycles. The molecule has 2 amide bonds. The Morgan fingerprint density at radius 2 is 1.67 bits per heavy atom. The average molecular weight is 666 g/mol. The number of nitrogens with two attached hydrogens (primary N) is 2. The van der Waals surface area contributed by atoms with E-state index in [-0.39, 0.29) is 17.5 Å². The number of para-hydroxylation sites is 1. The molecule has 1 aliphatic carbocycles. The van der Waals surface area contributed by atoms with Gasteiger partial charge >= 0.3 is 0 Å². The van der Waals surface area contributed by atoms with E-state index >= 15 is 0 Å². The summed E-state index contributed by atoms with van der Waals surface area (Å²) < 4.78 is 5.52. The molecule has 1 aliphatic rings. The lowest BCUT2D eigenvalue weighted by molar-refractivity contribution is -0.169. The van der Waals surface area contributed by atoms with E-state index in [0.29, 0.717) is 18.6 Å². The molecule has 2 aromatic rings. The molecule has 12 heteroatoms. The van der Waals surface area contributed by atoms with Gasteiger partial charge in [-0.2, -0.15) is 0 Å². The fraction of sp³-hybridized carbons (Fsp3) is 0.556. The third-order valence-corrected chi connectivity index (χ3v) is 9.35. The third kappa shape index (κ3) is 8.53. The molecular weight excluding hydrogens is 614 g/mol. The number of aliphatic hydroxyl groups excluding tert-OH is 1. The standard InChI is InChI=1S/C36H51N5O7/c1-7-22(6)30(38)33(45)31(25-15-11-12-16-39-25)41-35(47)36(21(4)5)29(32(44)24(37)17-20(2)3)27(42)18-26(34(36)46)40-28(43)19-48-23-13-9-8-10-14-23/h8-16,20-22,24,26,29-32,44H,7,17-19,37-38H2,1-6H3,(H,40,43)(H,41,47)/t22-,24-,26-,29?,30-,31?,32+,36?/m0/s1. The maximum absolute atomic E-state index is 14.8. The summed E-state index contributed by atoms with van der Waals surface area (Å²) in [4.78, 5) is 74.7. The summed E-state index contributed by atoms with van der Waals surface area (Å²) in [5.41, 5.74) is 10.7. The number of benzene rings is 1. The van der Waals surface area contributed by atoms with Crippen LogP contribution in [0, 0.1) is 29.1 Å². The predicted molar refractivity (Wildman–Crippen MR) is 180 cm³/mol. The summed E-state index contributed by atoms with van der Waals surface area (Å²) >= 11 is 0. The Bertz CT molecular complexity index is 1420. The van der Waals surface area contributed by atoms with Crippen LogP contribution in [0.5, 0.6) is 5.75 Å². The van der Waals surface area contributed by atoms with Crippen molar-refractivity contribution in [3.05, 3.63) is 60.4 Å². The zero-order valence-electron chi connectivity index (χ0n) is 28.7. The van der Waals surface area contributed by atoms with Crippen molar-refractivity contribution < 1.29 is 33.8 Å². The highest BCUT2D eigenvalue weighted by molar-refractivity contribution is 6.17. The van der Waals surface area contributed by atoms with Gasteiger partial charge in [-0.15, -0.1) is 0 Å². The molecule has 1 heterocycles. The predicted octanol–water partition coefficient (Wildman–Crippen LogP) is 2.28.